The Hall–Kier alpha value is 0.0400. The van der Waals surface area contributed by atoms with Gasteiger partial charge < -0.3 is 5.11 Å². The van der Waals surface area contributed by atoms with E-state index >= 15 is 0 Å². The Balaban J connectivity index is 2.45. The molecule has 1 N–H and O–H groups in total. The van der Waals surface area contributed by atoms with E-state index in [2.05, 4.69) is 31.9 Å². The van der Waals surface area contributed by atoms with Crippen LogP contribution >= 0.6 is 43.2 Å². The molecule has 1 aromatic heterocycles. The number of nitrogens with zero attached hydrogens (tertiary/aromatic N) is 1. The average molecular weight is 433 g/mol. The molecule has 1 aliphatic heterocycles. The Morgan fingerprint density at radius 1 is 1.53 bits per heavy atom. The van der Waals surface area contributed by atoms with E-state index in [1.807, 2.05) is 0 Å². The van der Waals surface area contributed by atoms with Crippen molar-refractivity contribution in [2.75, 3.05) is 6.54 Å². The quantitative estimate of drug-likeness (QED) is 0.796. The van der Waals surface area contributed by atoms with Gasteiger partial charge in [0.1, 0.15) is 10.9 Å². The molecule has 2 heterocycles. The van der Waals surface area contributed by atoms with Crippen molar-refractivity contribution in [2.24, 2.45) is 5.92 Å². The van der Waals surface area contributed by atoms with Gasteiger partial charge in [-0.1, -0.05) is 6.92 Å². The number of carboxylic acid groups (broad SMARTS) is 1. The predicted molar refractivity (Wildman–Crippen MR) is 78.8 cm³/mol. The first-order chi connectivity index (χ1) is 8.75. The molecular weight excluding hydrogens is 422 g/mol. The highest BCUT2D eigenvalue weighted by atomic mass is 79.9. The number of carboxylic acids is 1. The van der Waals surface area contributed by atoms with Crippen LogP contribution in [0.15, 0.2) is 18.5 Å². The zero-order chi connectivity index (χ0) is 14.4. The molecule has 5 nitrogen and oxygen atoms in total. The highest BCUT2D eigenvalue weighted by Gasteiger charge is 2.44. The zero-order valence-electron chi connectivity index (χ0n) is 9.84. The predicted octanol–water partition coefficient (Wildman–Crippen LogP) is 2.76. The van der Waals surface area contributed by atoms with Crippen molar-refractivity contribution in [3.05, 3.63) is 13.6 Å². The Kier molecular flexibility index (Phi) is 4.41. The molecule has 19 heavy (non-hydrogen) atoms. The third-order valence-electron chi connectivity index (χ3n) is 3.12. The van der Waals surface area contributed by atoms with Gasteiger partial charge in [-0.25, -0.2) is 8.42 Å². The van der Waals surface area contributed by atoms with Crippen molar-refractivity contribution in [3.8, 4) is 0 Å². The summed E-state index contributed by atoms with van der Waals surface area (Å²) in [6, 6.07) is 0.502. The highest BCUT2D eigenvalue weighted by molar-refractivity contribution is 9.12. The second-order valence-electron chi connectivity index (χ2n) is 4.35. The summed E-state index contributed by atoms with van der Waals surface area (Å²) < 4.78 is 27.3. The summed E-state index contributed by atoms with van der Waals surface area (Å²) in [6.07, 6.45) is 0.555. The third kappa shape index (κ3) is 2.76. The fraction of sp³-hybridized carbons (Fsp3) is 0.500. The van der Waals surface area contributed by atoms with Gasteiger partial charge in [0.25, 0.3) is 0 Å². The van der Waals surface area contributed by atoms with Gasteiger partial charge in [-0.3, -0.25) is 4.79 Å². The molecule has 0 bridgehead atoms. The van der Waals surface area contributed by atoms with Gasteiger partial charge in [-0.05, 0) is 50.3 Å². The summed E-state index contributed by atoms with van der Waals surface area (Å²) in [6.45, 7) is 1.99. The summed E-state index contributed by atoms with van der Waals surface area (Å²) in [5.41, 5.74) is 0. The van der Waals surface area contributed by atoms with Crippen LogP contribution in [0.2, 0.25) is 0 Å². The van der Waals surface area contributed by atoms with Crippen molar-refractivity contribution in [3.63, 3.8) is 0 Å². The van der Waals surface area contributed by atoms with E-state index in [0.29, 0.717) is 14.0 Å². The number of thiophene rings is 1. The lowest BCUT2D eigenvalue weighted by Crippen LogP contribution is -2.42. The van der Waals surface area contributed by atoms with Crippen molar-refractivity contribution in [1.82, 2.24) is 4.31 Å². The van der Waals surface area contributed by atoms with Crippen LogP contribution in [0.4, 0.5) is 0 Å². The van der Waals surface area contributed by atoms with Crippen LogP contribution < -0.4 is 0 Å². The van der Waals surface area contributed by atoms with Gasteiger partial charge in [-0.2, -0.15) is 4.31 Å². The second-order valence-corrected chi connectivity index (χ2v) is 9.96. The van der Waals surface area contributed by atoms with Crippen molar-refractivity contribution < 1.29 is 18.3 Å². The topological polar surface area (TPSA) is 74.7 Å². The zero-order valence-corrected chi connectivity index (χ0v) is 14.6. The van der Waals surface area contributed by atoms with Gasteiger partial charge in [0, 0.05) is 6.54 Å². The molecule has 0 spiro atoms. The molecule has 9 heteroatoms. The van der Waals surface area contributed by atoms with E-state index in [9.17, 15) is 18.3 Å². The van der Waals surface area contributed by atoms with E-state index in [-0.39, 0.29) is 17.4 Å². The monoisotopic (exact) mass is 431 g/mol. The molecule has 0 radical (unpaired) electrons. The van der Waals surface area contributed by atoms with Crippen LogP contribution in [-0.4, -0.2) is 36.4 Å². The van der Waals surface area contributed by atoms with E-state index < -0.39 is 22.0 Å². The summed E-state index contributed by atoms with van der Waals surface area (Å²) in [5, 5.41) is 9.21. The summed E-state index contributed by atoms with van der Waals surface area (Å²) in [7, 11) is -3.79. The van der Waals surface area contributed by atoms with Crippen LogP contribution in [0, 0.1) is 5.92 Å². The molecule has 0 aliphatic carbocycles. The number of hydrogen-bond acceptors (Lipinski definition) is 4. The van der Waals surface area contributed by atoms with Crippen LogP contribution in [0.3, 0.4) is 0 Å². The number of aliphatic carboxylic acids is 1. The number of carbonyl (C=O) groups is 1. The maximum atomic E-state index is 12.5. The first kappa shape index (κ1) is 15.4. The maximum absolute atomic E-state index is 12.5. The van der Waals surface area contributed by atoms with Gasteiger partial charge in [-0.15, -0.1) is 11.3 Å². The average Bonchev–Trinajstić information content (AvgIpc) is 2.82. The smallest absolute Gasteiger partial charge is 0.322 e. The van der Waals surface area contributed by atoms with Crippen LogP contribution in [0.25, 0.3) is 0 Å². The lowest BCUT2D eigenvalue weighted by Gasteiger charge is -2.22. The Morgan fingerprint density at radius 3 is 2.63 bits per heavy atom. The normalized spacial score (nSPS) is 24.8. The minimum Gasteiger partial charge on any atom is -0.480 e. The molecule has 1 fully saturated rings. The van der Waals surface area contributed by atoms with E-state index in [4.69, 9.17) is 0 Å². The lowest BCUT2D eigenvalue weighted by atomic mass is 10.0. The van der Waals surface area contributed by atoms with Crippen LogP contribution in [-0.2, 0) is 14.8 Å². The molecule has 2 rings (SSSR count). The molecule has 0 amide bonds. The Bertz CT molecular complexity index is 613. The molecule has 2 unspecified atom stereocenters. The number of hydrogen-bond donors (Lipinski definition) is 1. The molecule has 1 saturated heterocycles. The molecule has 106 valence electrons. The second kappa shape index (κ2) is 5.44. The largest absolute Gasteiger partial charge is 0.480 e. The van der Waals surface area contributed by atoms with Crippen molar-refractivity contribution in [1.29, 1.82) is 0 Å². The first-order valence-corrected chi connectivity index (χ1v) is 9.29. The van der Waals surface area contributed by atoms with Gasteiger partial charge in [0.2, 0.25) is 10.0 Å². The molecular formula is C10H11Br2NO4S2. The fourth-order valence-electron chi connectivity index (χ4n) is 2.18. The molecule has 1 aliphatic rings. The van der Waals surface area contributed by atoms with Gasteiger partial charge in [0.15, 0.2) is 0 Å². The first-order valence-electron chi connectivity index (χ1n) is 5.44. The third-order valence-corrected chi connectivity index (χ3v) is 7.76. The highest BCUT2D eigenvalue weighted by Crippen LogP contribution is 2.39. The van der Waals surface area contributed by atoms with Crippen molar-refractivity contribution in [2.45, 2.75) is 24.3 Å². The fourth-order valence-corrected chi connectivity index (χ4v) is 7.63. The summed E-state index contributed by atoms with van der Waals surface area (Å²) >= 11 is 7.68. The summed E-state index contributed by atoms with van der Waals surface area (Å²) in [4.78, 5) is 11.4. The molecule has 0 saturated carbocycles. The number of halogens is 2. The molecule has 0 aromatic carbocycles. The van der Waals surface area contributed by atoms with E-state index in [1.54, 1.807) is 6.92 Å². The summed E-state index contributed by atoms with van der Waals surface area (Å²) in [5.74, 6) is -1.29. The van der Waals surface area contributed by atoms with E-state index in [1.165, 1.54) is 17.4 Å². The number of rotatable bonds is 3. The number of sulfonamides is 1. The molecule has 1 aromatic rings. The maximum Gasteiger partial charge on any atom is 0.322 e. The Labute approximate surface area is 131 Å². The van der Waals surface area contributed by atoms with Crippen LogP contribution in [0.5, 0.6) is 0 Å². The van der Waals surface area contributed by atoms with Crippen LogP contribution in [0.1, 0.15) is 13.3 Å². The van der Waals surface area contributed by atoms with Gasteiger partial charge in [0.05, 0.1) is 7.57 Å². The minimum atomic E-state index is -3.79. The molecule has 2 atom stereocenters. The van der Waals surface area contributed by atoms with Gasteiger partial charge >= 0.3 is 5.97 Å². The Morgan fingerprint density at radius 2 is 2.16 bits per heavy atom. The standard InChI is InChI=1S/C10H11Br2NO4S2/c1-5-2-3-13(8(5)10(14)15)19(16,17)6-4-7(11)18-9(6)12/h4-5,8H,2-3H2,1H3,(H,14,15). The minimum absolute atomic E-state index is 0.115. The lowest BCUT2D eigenvalue weighted by molar-refractivity contribution is -0.141. The SMILES string of the molecule is CC1CCN(S(=O)(=O)c2cc(Br)sc2Br)C1C(=O)O. The van der Waals surface area contributed by atoms with E-state index in [0.717, 1.165) is 4.31 Å². The van der Waals surface area contributed by atoms with Crippen molar-refractivity contribution >= 4 is 59.2 Å².